The van der Waals surface area contributed by atoms with Crippen molar-refractivity contribution in [3.05, 3.63) is 35.9 Å². The van der Waals surface area contributed by atoms with Gasteiger partial charge in [0.05, 0.1) is 6.61 Å². The Morgan fingerprint density at radius 2 is 2.05 bits per heavy atom. The molecule has 0 aromatic heterocycles. The highest BCUT2D eigenvalue weighted by Gasteiger charge is 2.28. The van der Waals surface area contributed by atoms with Gasteiger partial charge in [-0.05, 0) is 12.5 Å². The van der Waals surface area contributed by atoms with Crippen LogP contribution in [0.5, 0.6) is 0 Å². The molecule has 1 aliphatic heterocycles. The predicted molar refractivity (Wildman–Crippen MR) is 87.6 cm³/mol. The van der Waals surface area contributed by atoms with Crippen LogP contribution >= 0.6 is 11.8 Å². The molecule has 1 N–H and O–H groups in total. The molecule has 0 unspecified atom stereocenters. The van der Waals surface area contributed by atoms with Crippen molar-refractivity contribution in [1.29, 1.82) is 0 Å². The molecule has 0 aliphatic carbocycles. The molecule has 1 fully saturated rings. The maximum atomic E-state index is 12.6. The van der Waals surface area contributed by atoms with E-state index in [1.165, 1.54) is 0 Å². The Labute approximate surface area is 131 Å². The highest BCUT2D eigenvalue weighted by Crippen LogP contribution is 2.24. The number of ether oxygens (including phenoxy) is 1. The predicted octanol–water partition coefficient (Wildman–Crippen LogP) is 1.93. The molecule has 1 aromatic carbocycles. The summed E-state index contributed by atoms with van der Waals surface area (Å²) < 4.78 is 5.28. The molecule has 0 radical (unpaired) electrons. The van der Waals surface area contributed by atoms with Gasteiger partial charge in [-0.3, -0.25) is 9.69 Å². The van der Waals surface area contributed by atoms with Crippen LogP contribution in [-0.2, 0) is 9.53 Å². The van der Waals surface area contributed by atoms with Crippen molar-refractivity contribution in [2.24, 2.45) is 0 Å². The average molecular weight is 308 g/mol. The molecule has 116 valence electrons. The van der Waals surface area contributed by atoms with E-state index in [4.69, 9.17) is 4.74 Å². The first kappa shape index (κ1) is 16.3. The fourth-order valence-corrected chi connectivity index (χ4v) is 3.42. The molecule has 4 nitrogen and oxygen atoms in total. The number of benzene rings is 1. The molecule has 2 rings (SSSR count). The van der Waals surface area contributed by atoms with Gasteiger partial charge in [-0.2, -0.15) is 11.8 Å². The van der Waals surface area contributed by atoms with Crippen molar-refractivity contribution in [1.82, 2.24) is 10.2 Å². The van der Waals surface area contributed by atoms with Gasteiger partial charge >= 0.3 is 0 Å². The Kier molecular flexibility index (Phi) is 7.06. The molecule has 1 atom stereocenters. The van der Waals surface area contributed by atoms with Crippen LogP contribution in [0, 0.1) is 0 Å². The van der Waals surface area contributed by atoms with Gasteiger partial charge in [0.15, 0.2) is 0 Å². The monoisotopic (exact) mass is 308 g/mol. The lowest BCUT2D eigenvalue weighted by atomic mass is 10.0. The van der Waals surface area contributed by atoms with Crippen molar-refractivity contribution < 1.29 is 9.53 Å². The van der Waals surface area contributed by atoms with E-state index in [-0.39, 0.29) is 11.9 Å². The number of thioether (sulfide) groups is 1. The lowest BCUT2D eigenvalue weighted by molar-refractivity contribution is -0.126. The summed E-state index contributed by atoms with van der Waals surface area (Å²) in [6.07, 6.45) is 0. The van der Waals surface area contributed by atoms with E-state index < -0.39 is 0 Å². The Hall–Kier alpha value is -1.04. The standard InChI is InChI=1S/C16H24N2O2S/c1-2-20-11-8-17-16(19)15(14-6-4-3-5-7-14)18-9-12-21-13-10-18/h3-7,15H,2,8-13H2,1H3,(H,17,19)/t15-/m1/s1. The normalized spacial score (nSPS) is 17.4. The third kappa shape index (κ3) is 5.02. The van der Waals surface area contributed by atoms with Crippen molar-refractivity contribution in [3.8, 4) is 0 Å². The van der Waals surface area contributed by atoms with Gasteiger partial charge < -0.3 is 10.1 Å². The number of nitrogens with one attached hydrogen (secondary N) is 1. The van der Waals surface area contributed by atoms with Crippen LogP contribution < -0.4 is 5.32 Å². The first-order valence-corrected chi connectivity index (χ1v) is 8.70. The van der Waals surface area contributed by atoms with Crippen LogP contribution in [0.2, 0.25) is 0 Å². The number of hydrogen-bond acceptors (Lipinski definition) is 4. The third-order valence-corrected chi connectivity index (χ3v) is 4.47. The Bertz CT molecular complexity index is 422. The molecular weight excluding hydrogens is 284 g/mol. The minimum absolute atomic E-state index is 0.0767. The molecule has 1 aliphatic rings. The average Bonchev–Trinajstić information content (AvgIpc) is 2.54. The first-order chi connectivity index (χ1) is 10.3. The summed E-state index contributed by atoms with van der Waals surface area (Å²) in [6.45, 7) is 5.70. The van der Waals surface area contributed by atoms with E-state index in [2.05, 4.69) is 10.2 Å². The van der Waals surface area contributed by atoms with Crippen LogP contribution in [0.4, 0.5) is 0 Å². The summed E-state index contributed by atoms with van der Waals surface area (Å²) in [5, 5.41) is 3.00. The summed E-state index contributed by atoms with van der Waals surface area (Å²) in [4.78, 5) is 14.9. The fourth-order valence-electron chi connectivity index (χ4n) is 2.49. The number of amides is 1. The number of nitrogens with zero attached hydrogens (tertiary/aromatic N) is 1. The summed E-state index contributed by atoms with van der Waals surface area (Å²) in [5.74, 6) is 2.26. The van der Waals surface area contributed by atoms with E-state index in [9.17, 15) is 4.79 Å². The van der Waals surface area contributed by atoms with Crippen LogP contribution in [0.15, 0.2) is 30.3 Å². The number of carbonyl (C=O) groups is 1. The molecule has 0 saturated carbocycles. The minimum Gasteiger partial charge on any atom is -0.380 e. The van der Waals surface area contributed by atoms with E-state index in [0.29, 0.717) is 19.8 Å². The molecule has 1 saturated heterocycles. The number of hydrogen-bond donors (Lipinski definition) is 1. The minimum atomic E-state index is -0.186. The number of carbonyl (C=O) groups excluding carboxylic acids is 1. The van der Waals surface area contributed by atoms with Gasteiger partial charge in [0.2, 0.25) is 5.91 Å². The van der Waals surface area contributed by atoms with Crippen molar-refractivity contribution in [2.45, 2.75) is 13.0 Å². The maximum absolute atomic E-state index is 12.6. The van der Waals surface area contributed by atoms with Gasteiger partial charge in [-0.25, -0.2) is 0 Å². The molecule has 1 heterocycles. The highest BCUT2D eigenvalue weighted by molar-refractivity contribution is 7.99. The third-order valence-electron chi connectivity index (χ3n) is 3.52. The zero-order valence-electron chi connectivity index (χ0n) is 12.6. The van der Waals surface area contributed by atoms with Gasteiger partial charge in [0.1, 0.15) is 6.04 Å². The smallest absolute Gasteiger partial charge is 0.242 e. The van der Waals surface area contributed by atoms with E-state index in [1.807, 2.05) is 49.0 Å². The fraction of sp³-hybridized carbons (Fsp3) is 0.562. The second kappa shape index (κ2) is 9.07. The first-order valence-electron chi connectivity index (χ1n) is 7.55. The lowest BCUT2D eigenvalue weighted by Crippen LogP contribution is -2.44. The molecular formula is C16H24N2O2S. The maximum Gasteiger partial charge on any atom is 0.242 e. The summed E-state index contributed by atoms with van der Waals surface area (Å²) >= 11 is 1.95. The van der Waals surface area contributed by atoms with Crippen LogP contribution in [0.3, 0.4) is 0 Å². The molecule has 0 spiro atoms. The Morgan fingerprint density at radius 3 is 2.71 bits per heavy atom. The van der Waals surface area contributed by atoms with Gasteiger partial charge in [0, 0.05) is 37.7 Å². The van der Waals surface area contributed by atoms with Gasteiger partial charge in [0.25, 0.3) is 0 Å². The molecule has 1 amide bonds. The summed E-state index contributed by atoms with van der Waals surface area (Å²) in [5.41, 5.74) is 1.07. The zero-order chi connectivity index (χ0) is 14.9. The quantitative estimate of drug-likeness (QED) is 0.782. The lowest BCUT2D eigenvalue weighted by Gasteiger charge is -2.33. The van der Waals surface area contributed by atoms with E-state index >= 15 is 0 Å². The van der Waals surface area contributed by atoms with Crippen molar-refractivity contribution in [3.63, 3.8) is 0 Å². The van der Waals surface area contributed by atoms with E-state index in [1.54, 1.807) is 0 Å². The van der Waals surface area contributed by atoms with E-state index in [0.717, 1.165) is 30.2 Å². The highest BCUT2D eigenvalue weighted by atomic mass is 32.2. The van der Waals surface area contributed by atoms with Crippen molar-refractivity contribution in [2.75, 3.05) is 44.4 Å². The summed E-state index contributed by atoms with van der Waals surface area (Å²) in [6, 6.07) is 9.86. The van der Waals surface area contributed by atoms with Crippen LogP contribution in [-0.4, -0.2) is 55.2 Å². The second-order valence-electron chi connectivity index (χ2n) is 4.95. The van der Waals surface area contributed by atoms with Crippen molar-refractivity contribution >= 4 is 17.7 Å². The van der Waals surface area contributed by atoms with Crippen LogP contribution in [0.1, 0.15) is 18.5 Å². The SMILES string of the molecule is CCOCCNC(=O)[C@@H](c1ccccc1)N1CCSCC1. The van der Waals surface area contributed by atoms with Gasteiger partial charge in [-0.15, -0.1) is 0 Å². The van der Waals surface area contributed by atoms with Gasteiger partial charge in [-0.1, -0.05) is 30.3 Å². The molecule has 0 bridgehead atoms. The zero-order valence-corrected chi connectivity index (χ0v) is 13.4. The molecule has 5 heteroatoms. The Balaban J connectivity index is 2.02. The topological polar surface area (TPSA) is 41.6 Å². The molecule has 21 heavy (non-hydrogen) atoms. The van der Waals surface area contributed by atoms with Crippen LogP contribution in [0.25, 0.3) is 0 Å². The number of rotatable bonds is 7. The molecule has 1 aromatic rings. The largest absolute Gasteiger partial charge is 0.380 e. The Morgan fingerprint density at radius 1 is 1.33 bits per heavy atom. The second-order valence-corrected chi connectivity index (χ2v) is 6.17. The summed E-state index contributed by atoms with van der Waals surface area (Å²) in [7, 11) is 0.